The van der Waals surface area contributed by atoms with E-state index in [1.165, 1.54) is 0 Å². The summed E-state index contributed by atoms with van der Waals surface area (Å²) in [6, 6.07) is 5.09. The third kappa shape index (κ3) is 5.10. The molecular weight excluding hydrogens is 472 g/mol. The number of fused-ring (bicyclic) bond motifs is 1. The number of carbonyl (C=O) groups excluding carboxylic acids is 2. The van der Waals surface area contributed by atoms with Gasteiger partial charge < -0.3 is 15.5 Å². The van der Waals surface area contributed by atoms with E-state index in [1.807, 2.05) is 9.80 Å². The van der Waals surface area contributed by atoms with Crippen molar-refractivity contribution in [2.75, 3.05) is 50.7 Å². The highest BCUT2D eigenvalue weighted by atomic mass is 19.3. The Balaban J connectivity index is 1.11. The van der Waals surface area contributed by atoms with Crippen LogP contribution in [0.15, 0.2) is 30.6 Å². The van der Waals surface area contributed by atoms with Crippen molar-refractivity contribution in [3.63, 3.8) is 0 Å². The summed E-state index contributed by atoms with van der Waals surface area (Å²) in [7, 11) is 0. The highest BCUT2D eigenvalue weighted by Crippen LogP contribution is 2.22. The van der Waals surface area contributed by atoms with Crippen molar-refractivity contribution in [2.24, 2.45) is 11.7 Å². The molecule has 11 nitrogen and oxygen atoms in total. The number of carbonyl (C=O) groups is 2. The van der Waals surface area contributed by atoms with Crippen molar-refractivity contribution in [3.05, 3.63) is 41.7 Å². The van der Waals surface area contributed by atoms with E-state index in [-0.39, 0.29) is 11.5 Å². The summed E-state index contributed by atoms with van der Waals surface area (Å²) in [4.78, 5) is 38.4. The van der Waals surface area contributed by atoms with Crippen LogP contribution in [-0.4, -0.2) is 92.4 Å². The predicted molar refractivity (Wildman–Crippen MR) is 126 cm³/mol. The number of aromatic nitrogens is 5. The Morgan fingerprint density at radius 1 is 1.08 bits per heavy atom. The SMILES string of the molecule is NC(=O)c1ccc2nnn(CC3CCN(CC(=O)N4CCN(c5ncc(C(F)F)cn5)CC4)C3)c2c1. The fourth-order valence-corrected chi connectivity index (χ4v) is 4.76. The van der Waals surface area contributed by atoms with Crippen LogP contribution < -0.4 is 10.6 Å². The Morgan fingerprint density at radius 3 is 2.53 bits per heavy atom. The molecule has 3 aromatic rings. The molecule has 2 aliphatic heterocycles. The number of alkyl halides is 2. The number of nitrogens with zero attached hydrogens (tertiary/aromatic N) is 8. The Kier molecular flexibility index (Phi) is 6.72. The Morgan fingerprint density at radius 2 is 1.83 bits per heavy atom. The third-order valence-electron chi connectivity index (χ3n) is 6.78. The number of likely N-dealkylation sites (tertiary alicyclic amines) is 1. The molecule has 2 aliphatic rings. The highest BCUT2D eigenvalue weighted by molar-refractivity contribution is 5.96. The minimum absolute atomic E-state index is 0.0709. The summed E-state index contributed by atoms with van der Waals surface area (Å²) in [6.07, 6.45) is 0.633. The molecule has 36 heavy (non-hydrogen) atoms. The lowest BCUT2D eigenvalue weighted by atomic mass is 10.1. The number of primary amides is 1. The molecule has 190 valence electrons. The molecule has 2 N–H and O–H groups in total. The smallest absolute Gasteiger partial charge is 0.266 e. The zero-order valence-corrected chi connectivity index (χ0v) is 19.6. The molecule has 1 atom stereocenters. The molecule has 4 heterocycles. The Hall–Kier alpha value is -3.74. The zero-order chi connectivity index (χ0) is 25.2. The number of hydrogen-bond acceptors (Lipinski definition) is 8. The van der Waals surface area contributed by atoms with Crippen molar-refractivity contribution in [1.82, 2.24) is 34.8 Å². The molecule has 1 aromatic carbocycles. The Labute approximate surface area is 205 Å². The first-order chi connectivity index (χ1) is 17.4. The second kappa shape index (κ2) is 10.1. The number of anilines is 1. The maximum atomic E-state index is 12.9. The van der Waals surface area contributed by atoms with Crippen LogP contribution in [0.4, 0.5) is 14.7 Å². The lowest BCUT2D eigenvalue weighted by Gasteiger charge is -2.35. The van der Waals surface area contributed by atoms with E-state index in [0.717, 1.165) is 37.4 Å². The molecule has 0 aliphatic carbocycles. The van der Waals surface area contributed by atoms with Crippen molar-refractivity contribution < 1.29 is 18.4 Å². The van der Waals surface area contributed by atoms with Gasteiger partial charge in [-0.05, 0) is 37.1 Å². The molecule has 0 radical (unpaired) electrons. The van der Waals surface area contributed by atoms with Gasteiger partial charge in [-0.3, -0.25) is 14.5 Å². The maximum absolute atomic E-state index is 12.9. The summed E-state index contributed by atoms with van der Waals surface area (Å²) in [5.74, 6) is 0.289. The molecule has 0 spiro atoms. The first kappa shape index (κ1) is 24.0. The largest absolute Gasteiger partial charge is 0.366 e. The van der Waals surface area contributed by atoms with E-state index in [4.69, 9.17) is 5.73 Å². The minimum atomic E-state index is -2.59. The van der Waals surface area contributed by atoms with Gasteiger partial charge in [-0.15, -0.1) is 5.10 Å². The van der Waals surface area contributed by atoms with Gasteiger partial charge in [-0.1, -0.05) is 5.21 Å². The van der Waals surface area contributed by atoms with Gasteiger partial charge in [-0.2, -0.15) is 0 Å². The third-order valence-corrected chi connectivity index (χ3v) is 6.78. The van der Waals surface area contributed by atoms with Gasteiger partial charge in [0, 0.05) is 57.2 Å². The van der Waals surface area contributed by atoms with E-state index in [1.54, 1.807) is 22.9 Å². The summed E-state index contributed by atoms with van der Waals surface area (Å²) in [5.41, 5.74) is 7.09. The number of nitrogens with two attached hydrogens (primary N) is 1. The number of benzene rings is 1. The number of rotatable bonds is 7. The lowest BCUT2D eigenvalue weighted by molar-refractivity contribution is -0.132. The van der Waals surface area contributed by atoms with Crippen molar-refractivity contribution in [2.45, 2.75) is 19.4 Å². The lowest BCUT2D eigenvalue weighted by Crippen LogP contribution is -2.51. The van der Waals surface area contributed by atoms with Crippen LogP contribution in [0.25, 0.3) is 11.0 Å². The summed E-state index contributed by atoms with van der Waals surface area (Å²) < 4.78 is 27.2. The van der Waals surface area contributed by atoms with Gasteiger partial charge in [0.2, 0.25) is 17.8 Å². The molecule has 0 bridgehead atoms. The van der Waals surface area contributed by atoms with Crippen LogP contribution >= 0.6 is 0 Å². The maximum Gasteiger partial charge on any atom is 0.266 e. The second-order valence-corrected chi connectivity index (χ2v) is 9.21. The molecule has 13 heteroatoms. The minimum Gasteiger partial charge on any atom is -0.366 e. The zero-order valence-electron chi connectivity index (χ0n) is 19.6. The summed E-state index contributed by atoms with van der Waals surface area (Å²) in [5, 5.41) is 8.40. The van der Waals surface area contributed by atoms with E-state index >= 15 is 0 Å². The van der Waals surface area contributed by atoms with Crippen LogP contribution in [-0.2, 0) is 11.3 Å². The highest BCUT2D eigenvalue weighted by Gasteiger charge is 2.28. The van der Waals surface area contributed by atoms with Gasteiger partial charge in [0.15, 0.2) is 0 Å². The van der Waals surface area contributed by atoms with Gasteiger partial charge >= 0.3 is 0 Å². The molecule has 2 fully saturated rings. The van der Waals surface area contributed by atoms with Crippen molar-refractivity contribution in [3.8, 4) is 0 Å². The fourth-order valence-electron chi connectivity index (χ4n) is 4.76. The van der Waals surface area contributed by atoms with E-state index in [0.29, 0.717) is 62.2 Å². The molecule has 2 amide bonds. The van der Waals surface area contributed by atoms with Crippen molar-refractivity contribution in [1.29, 1.82) is 0 Å². The predicted octanol–water partition coefficient (Wildman–Crippen LogP) is 0.928. The molecule has 0 saturated carbocycles. The Bertz CT molecular complexity index is 1240. The van der Waals surface area contributed by atoms with E-state index < -0.39 is 12.3 Å². The number of piperazine rings is 1. The molecule has 2 aromatic heterocycles. The standard InChI is InChI=1S/C23H27F2N9O2/c24-21(25)17-10-27-23(28-11-17)33-7-5-32(6-8-33)20(35)14-31-4-3-15(12-31)13-34-19-9-16(22(26)36)1-2-18(19)29-30-34/h1-2,9-11,15,21H,3-8,12-14H2,(H2,26,36). The monoisotopic (exact) mass is 499 g/mol. The average Bonchev–Trinajstić information content (AvgIpc) is 3.50. The average molecular weight is 500 g/mol. The van der Waals surface area contributed by atoms with E-state index in [9.17, 15) is 18.4 Å². The topological polar surface area (TPSA) is 126 Å². The summed E-state index contributed by atoms with van der Waals surface area (Å²) >= 11 is 0. The van der Waals surface area contributed by atoms with Crippen LogP contribution in [0, 0.1) is 5.92 Å². The second-order valence-electron chi connectivity index (χ2n) is 9.21. The number of halogens is 2. The van der Waals surface area contributed by atoms with Crippen LogP contribution in [0.1, 0.15) is 28.8 Å². The quantitative estimate of drug-likeness (QED) is 0.509. The van der Waals surface area contributed by atoms with Gasteiger partial charge in [0.25, 0.3) is 6.43 Å². The normalized spacial score (nSPS) is 18.9. The number of hydrogen-bond donors (Lipinski definition) is 1. The van der Waals surface area contributed by atoms with Crippen LogP contribution in [0.2, 0.25) is 0 Å². The van der Waals surface area contributed by atoms with Gasteiger partial charge in [0.1, 0.15) is 5.52 Å². The van der Waals surface area contributed by atoms with E-state index in [2.05, 4.69) is 25.2 Å². The van der Waals surface area contributed by atoms with Gasteiger partial charge in [0.05, 0.1) is 17.6 Å². The summed E-state index contributed by atoms with van der Waals surface area (Å²) in [6.45, 7) is 4.75. The molecule has 2 saturated heterocycles. The fraction of sp³-hybridized carbons (Fsp3) is 0.478. The van der Waals surface area contributed by atoms with Crippen molar-refractivity contribution >= 4 is 28.8 Å². The molecule has 5 rings (SSSR count). The molecule has 1 unspecified atom stereocenters. The first-order valence-electron chi connectivity index (χ1n) is 11.9. The first-order valence-corrected chi connectivity index (χ1v) is 11.9. The van der Waals surface area contributed by atoms with Crippen LogP contribution in [0.5, 0.6) is 0 Å². The van der Waals surface area contributed by atoms with Gasteiger partial charge in [-0.25, -0.2) is 23.4 Å². The molecular formula is C23H27F2N9O2. The van der Waals surface area contributed by atoms with Crippen LogP contribution in [0.3, 0.4) is 0 Å². The number of amides is 2.